The molecular formula is C14H17N3O. The van der Waals surface area contributed by atoms with Gasteiger partial charge in [0, 0.05) is 18.7 Å². The maximum Gasteiger partial charge on any atom is 0.131 e. The topological polar surface area (TPSA) is 53.1 Å². The normalized spacial score (nSPS) is 14.9. The van der Waals surface area contributed by atoms with E-state index in [1.54, 1.807) is 7.11 Å². The van der Waals surface area contributed by atoms with Gasteiger partial charge in [-0.2, -0.15) is 0 Å². The number of ether oxygens (including phenoxy) is 1. The van der Waals surface area contributed by atoms with Crippen molar-refractivity contribution < 1.29 is 4.74 Å². The molecule has 0 unspecified atom stereocenters. The first-order valence-corrected chi connectivity index (χ1v) is 6.20. The zero-order valence-corrected chi connectivity index (χ0v) is 10.5. The highest BCUT2D eigenvalue weighted by molar-refractivity contribution is 5.71. The van der Waals surface area contributed by atoms with Gasteiger partial charge in [0.25, 0.3) is 0 Å². The van der Waals surface area contributed by atoms with E-state index in [4.69, 9.17) is 10.5 Å². The van der Waals surface area contributed by atoms with Gasteiger partial charge in [-0.05, 0) is 24.5 Å². The highest BCUT2D eigenvalue weighted by Crippen LogP contribution is 2.39. The molecule has 2 N–H and O–H groups in total. The van der Waals surface area contributed by atoms with Gasteiger partial charge in [-0.1, -0.05) is 18.2 Å². The first-order valence-electron chi connectivity index (χ1n) is 6.20. The molecule has 0 amide bonds. The summed E-state index contributed by atoms with van der Waals surface area (Å²) in [6.07, 6.45) is 4.28. The lowest BCUT2D eigenvalue weighted by Gasteiger charge is -2.05. The van der Waals surface area contributed by atoms with Crippen LogP contribution >= 0.6 is 0 Å². The summed E-state index contributed by atoms with van der Waals surface area (Å²) in [6, 6.07) is 8.74. The van der Waals surface area contributed by atoms with Crippen LogP contribution in [0, 0.1) is 0 Å². The van der Waals surface area contributed by atoms with Crippen molar-refractivity contribution in [1.82, 2.24) is 9.55 Å². The van der Waals surface area contributed by atoms with Gasteiger partial charge in [0.2, 0.25) is 0 Å². The fourth-order valence-corrected chi connectivity index (χ4v) is 2.21. The Morgan fingerprint density at radius 1 is 1.44 bits per heavy atom. The molecule has 1 aliphatic carbocycles. The Kier molecular flexibility index (Phi) is 2.80. The summed E-state index contributed by atoms with van der Waals surface area (Å²) in [5.74, 6) is 0.770. The summed E-state index contributed by atoms with van der Waals surface area (Å²) in [7, 11) is 1.70. The second-order valence-electron chi connectivity index (χ2n) is 4.75. The summed E-state index contributed by atoms with van der Waals surface area (Å²) in [4.78, 5) is 4.45. The van der Waals surface area contributed by atoms with Crippen LogP contribution in [0.5, 0.6) is 0 Å². The number of nitrogen functional groups attached to an aromatic ring is 1. The van der Waals surface area contributed by atoms with Gasteiger partial charge < -0.3 is 15.0 Å². The summed E-state index contributed by atoms with van der Waals surface area (Å²) < 4.78 is 7.23. The van der Waals surface area contributed by atoms with Gasteiger partial charge >= 0.3 is 0 Å². The fraction of sp³-hybridized carbons (Fsp3) is 0.357. The van der Waals surface area contributed by atoms with Gasteiger partial charge in [0.05, 0.1) is 12.9 Å². The minimum atomic E-state index is 0.563. The molecule has 0 bridgehead atoms. The largest absolute Gasteiger partial charge is 0.383 e. The molecule has 4 nitrogen and oxygen atoms in total. The van der Waals surface area contributed by atoms with Crippen LogP contribution in [0.2, 0.25) is 0 Å². The third kappa shape index (κ3) is 1.99. The third-order valence-electron chi connectivity index (χ3n) is 3.28. The zero-order valence-electron chi connectivity index (χ0n) is 10.5. The van der Waals surface area contributed by atoms with Gasteiger partial charge in [0.1, 0.15) is 11.5 Å². The Bertz CT molecular complexity index is 558. The standard InChI is InChI=1S/C14H17N3O/c1-18-8-10-3-2-4-11(7-10)13-14(15)17(9-16-13)12-5-6-12/h2-4,7,9,12H,5-6,8,15H2,1H3. The van der Waals surface area contributed by atoms with Crippen molar-refractivity contribution in [3.8, 4) is 11.3 Å². The molecule has 0 aliphatic heterocycles. The van der Waals surface area contributed by atoms with Crippen molar-refractivity contribution in [2.45, 2.75) is 25.5 Å². The molecule has 0 saturated heterocycles. The maximum atomic E-state index is 6.17. The Morgan fingerprint density at radius 3 is 3.00 bits per heavy atom. The Balaban J connectivity index is 1.96. The molecule has 1 fully saturated rings. The number of anilines is 1. The average molecular weight is 243 g/mol. The molecule has 2 aromatic rings. The monoisotopic (exact) mass is 243 g/mol. The van der Waals surface area contributed by atoms with E-state index < -0.39 is 0 Å². The number of methoxy groups -OCH3 is 1. The van der Waals surface area contributed by atoms with E-state index in [1.807, 2.05) is 24.5 Å². The number of benzene rings is 1. The number of imidazole rings is 1. The molecule has 4 heteroatoms. The van der Waals surface area contributed by atoms with Gasteiger partial charge in [-0.15, -0.1) is 0 Å². The van der Waals surface area contributed by atoms with Crippen molar-refractivity contribution in [3.05, 3.63) is 36.2 Å². The Labute approximate surface area is 106 Å². The molecule has 0 radical (unpaired) electrons. The van der Waals surface area contributed by atoms with Crippen LogP contribution in [-0.4, -0.2) is 16.7 Å². The molecule has 0 spiro atoms. The first-order chi connectivity index (χ1) is 8.79. The summed E-state index contributed by atoms with van der Waals surface area (Å²) >= 11 is 0. The fourth-order valence-electron chi connectivity index (χ4n) is 2.21. The summed E-state index contributed by atoms with van der Waals surface area (Å²) in [5, 5.41) is 0. The Hall–Kier alpha value is -1.81. The quantitative estimate of drug-likeness (QED) is 0.898. The van der Waals surface area contributed by atoms with Crippen molar-refractivity contribution in [1.29, 1.82) is 0 Å². The minimum Gasteiger partial charge on any atom is -0.383 e. The molecule has 18 heavy (non-hydrogen) atoms. The maximum absolute atomic E-state index is 6.17. The lowest BCUT2D eigenvalue weighted by molar-refractivity contribution is 0.185. The van der Waals surface area contributed by atoms with E-state index in [-0.39, 0.29) is 0 Å². The molecule has 1 heterocycles. The van der Waals surface area contributed by atoms with Crippen LogP contribution < -0.4 is 5.73 Å². The molecule has 3 rings (SSSR count). The van der Waals surface area contributed by atoms with E-state index in [1.165, 1.54) is 12.8 Å². The number of nitrogens with zero attached hydrogens (tertiary/aromatic N) is 2. The van der Waals surface area contributed by atoms with Gasteiger partial charge in [0.15, 0.2) is 0 Å². The van der Waals surface area contributed by atoms with Crippen LogP contribution in [0.25, 0.3) is 11.3 Å². The van der Waals surface area contributed by atoms with Crippen molar-refractivity contribution in [2.75, 3.05) is 12.8 Å². The number of aromatic nitrogens is 2. The molecule has 94 valence electrons. The second-order valence-corrected chi connectivity index (χ2v) is 4.75. The van der Waals surface area contributed by atoms with Crippen LogP contribution in [0.1, 0.15) is 24.4 Å². The first kappa shape index (κ1) is 11.3. The van der Waals surface area contributed by atoms with Crippen molar-refractivity contribution >= 4 is 5.82 Å². The van der Waals surface area contributed by atoms with E-state index in [0.717, 1.165) is 22.6 Å². The summed E-state index contributed by atoms with van der Waals surface area (Å²) in [5.41, 5.74) is 9.24. The summed E-state index contributed by atoms with van der Waals surface area (Å²) in [6.45, 7) is 0.608. The highest BCUT2D eigenvalue weighted by atomic mass is 16.5. The molecule has 1 aromatic heterocycles. The molecule has 1 aromatic carbocycles. The predicted octanol–water partition coefficient (Wildman–Crippen LogP) is 2.61. The minimum absolute atomic E-state index is 0.563. The van der Waals surface area contributed by atoms with E-state index in [0.29, 0.717) is 12.6 Å². The van der Waals surface area contributed by atoms with Crippen molar-refractivity contribution in [3.63, 3.8) is 0 Å². The van der Waals surface area contributed by atoms with Gasteiger partial charge in [-0.3, -0.25) is 0 Å². The molecular weight excluding hydrogens is 226 g/mol. The van der Waals surface area contributed by atoms with Crippen LogP contribution in [0.4, 0.5) is 5.82 Å². The lowest BCUT2D eigenvalue weighted by atomic mass is 10.1. The van der Waals surface area contributed by atoms with Crippen molar-refractivity contribution in [2.24, 2.45) is 0 Å². The van der Waals surface area contributed by atoms with E-state index in [9.17, 15) is 0 Å². The predicted molar refractivity (Wildman–Crippen MR) is 71.1 cm³/mol. The molecule has 1 aliphatic rings. The number of rotatable bonds is 4. The van der Waals surface area contributed by atoms with E-state index in [2.05, 4.69) is 15.6 Å². The smallest absolute Gasteiger partial charge is 0.131 e. The van der Waals surface area contributed by atoms with E-state index >= 15 is 0 Å². The van der Waals surface area contributed by atoms with Crippen LogP contribution in [-0.2, 0) is 11.3 Å². The van der Waals surface area contributed by atoms with Crippen LogP contribution in [0.3, 0.4) is 0 Å². The average Bonchev–Trinajstić information content (AvgIpc) is 3.14. The molecule has 0 atom stereocenters. The number of hydrogen-bond donors (Lipinski definition) is 1. The van der Waals surface area contributed by atoms with Crippen LogP contribution in [0.15, 0.2) is 30.6 Å². The number of hydrogen-bond acceptors (Lipinski definition) is 3. The van der Waals surface area contributed by atoms with Gasteiger partial charge in [-0.25, -0.2) is 4.98 Å². The zero-order chi connectivity index (χ0) is 12.5. The lowest BCUT2D eigenvalue weighted by Crippen LogP contribution is -1.99. The molecule has 1 saturated carbocycles. The Morgan fingerprint density at radius 2 is 2.28 bits per heavy atom. The second kappa shape index (κ2) is 4.46. The highest BCUT2D eigenvalue weighted by Gasteiger charge is 2.26. The number of nitrogens with two attached hydrogens (primary N) is 1. The SMILES string of the molecule is COCc1cccc(-c2ncn(C3CC3)c2N)c1. The third-order valence-corrected chi connectivity index (χ3v) is 3.28.